The summed E-state index contributed by atoms with van der Waals surface area (Å²) < 4.78 is 5.87. The first kappa shape index (κ1) is 20.2. The first-order chi connectivity index (χ1) is 14.5. The van der Waals surface area contributed by atoms with E-state index < -0.39 is 0 Å². The lowest BCUT2D eigenvalue weighted by Crippen LogP contribution is -2.49. The molecule has 2 heterocycles. The smallest absolute Gasteiger partial charge is 0.253 e. The van der Waals surface area contributed by atoms with E-state index in [0.29, 0.717) is 42.8 Å². The molecule has 1 aliphatic rings. The van der Waals surface area contributed by atoms with Gasteiger partial charge in [-0.05, 0) is 43.7 Å². The largest absolute Gasteiger partial charge is 0.437 e. The van der Waals surface area contributed by atoms with Crippen molar-refractivity contribution in [2.24, 2.45) is 0 Å². The highest BCUT2D eigenvalue weighted by atomic mass is 35.5. The minimum atomic E-state index is 0.0652. The third kappa shape index (κ3) is 4.54. The molecule has 1 aromatic heterocycles. The number of anilines is 1. The molecular formula is C23H23ClN4O2. The van der Waals surface area contributed by atoms with Crippen LogP contribution < -0.4 is 9.64 Å². The lowest BCUT2D eigenvalue weighted by molar-refractivity contribution is 0.0746. The lowest BCUT2D eigenvalue weighted by Gasteiger charge is -2.35. The summed E-state index contributed by atoms with van der Waals surface area (Å²) in [7, 11) is 0. The minimum absolute atomic E-state index is 0.0652. The molecule has 0 unspecified atom stereocenters. The van der Waals surface area contributed by atoms with E-state index in [1.165, 1.54) is 6.33 Å². The highest BCUT2D eigenvalue weighted by Gasteiger charge is 2.23. The molecular weight excluding hydrogens is 400 g/mol. The molecule has 1 saturated heterocycles. The Morgan fingerprint density at radius 3 is 2.37 bits per heavy atom. The van der Waals surface area contributed by atoms with Gasteiger partial charge in [0, 0.05) is 37.8 Å². The van der Waals surface area contributed by atoms with Crippen molar-refractivity contribution in [1.29, 1.82) is 0 Å². The third-order valence-electron chi connectivity index (χ3n) is 5.12. The zero-order valence-electron chi connectivity index (χ0n) is 17.0. The van der Waals surface area contributed by atoms with Gasteiger partial charge in [0.25, 0.3) is 5.91 Å². The molecule has 4 rings (SSSR count). The number of hydrogen-bond donors (Lipinski definition) is 0. The molecule has 0 aliphatic carbocycles. The van der Waals surface area contributed by atoms with Crippen molar-refractivity contribution >= 4 is 23.3 Å². The molecule has 30 heavy (non-hydrogen) atoms. The molecule has 3 aromatic rings. The van der Waals surface area contributed by atoms with E-state index in [1.807, 2.05) is 55.1 Å². The first-order valence-electron chi connectivity index (χ1n) is 9.86. The Labute approximate surface area is 181 Å². The van der Waals surface area contributed by atoms with Gasteiger partial charge in [-0.25, -0.2) is 9.97 Å². The molecule has 0 atom stereocenters. The van der Waals surface area contributed by atoms with Crippen LogP contribution in [0.4, 0.5) is 5.82 Å². The van der Waals surface area contributed by atoms with Crippen molar-refractivity contribution in [3.05, 3.63) is 76.6 Å². The molecule has 0 radical (unpaired) electrons. The molecule has 6 nitrogen and oxygen atoms in total. The van der Waals surface area contributed by atoms with Gasteiger partial charge < -0.3 is 14.5 Å². The van der Waals surface area contributed by atoms with E-state index in [4.69, 9.17) is 16.3 Å². The van der Waals surface area contributed by atoms with Crippen molar-refractivity contribution < 1.29 is 9.53 Å². The molecule has 154 valence electrons. The standard InChI is InChI=1S/C23H23ClN4O2/c1-16-3-6-18(7-4-16)23(29)28-11-9-27(10-12-28)21-14-22(26-15-25-21)30-20-13-17(2)5-8-19(20)24/h3-8,13-15H,9-12H2,1-2H3. The zero-order valence-corrected chi connectivity index (χ0v) is 17.8. The second kappa shape index (κ2) is 8.71. The number of nitrogens with zero attached hydrogens (tertiary/aromatic N) is 4. The van der Waals surface area contributed by atoms with Crippen LogP contribution in [0.3, 0.4) is 0 Å². The molecule has 1 fully saturated rings. The van der Waals surface area contributed by atoms with Crippen LogP contribution in [-0.2, 0) is 0 Å². The number of carbonyl (C=O) groups is 1. The van der Waals surface area contributed by atoms with Gasteiger partial charge in [-0.3, -0.25) is 4.79 Å². The number of hydrogen-bond acceptors (Lipinski definition) is 5. The minimum Gasteiger partial charge on any atom is -0.437 e. The Morgan fingerprint density at radius 2 is 1.63 bits per heavy atom. The average molecular weight is 423 g/mol. The topological polar surface area (TPSA) is 58.6 Å². The summed E-state index contributed by atoms with van der Waals surface area (Å²) in [6.45, 7) is 6.65. The van der Waals surface area contributed by atoms with Crippen molar-refractivity contribution in [3.8, 4) is 11.6 Å². The van der Waals surface area contributed by atoms with E-state index in [-0.39, 0.29) is 5.91 Å². The number of aryl methyl sites for hydroxylation is 2. The van der Waals surface area contributed by atoms with Gasteiger partial charge in [0.05, 0.1) is 5.02 Å². The fourth-order valence-electron chi connectivity index (χ4n) is 3.38. The van der Waals surface area contributed by atoms with Gasteiger partial charge in [-0.15, -0.1) is 0 Å². The van der Waals surface area contributed by atoms with Crippen LogP contribution in [0, 0.1) is 13.8 Å². The molecule has 1 aliphatic heterocycles. The molecule has 0 bridgehead atoms. The van der Waals surface area contributed by atoms with Gasteiger partial charge in [0.15, 0.2) is 0 Å². The van der Waals surface area contributed by atoms with Gasteiger partial charge in [0.2, 0.25) is 5.88 Å². The first-order valence-corrected chi connectivity index (χ1v) is 10.2. The maximum atomic E-state index is 12.7. The van der Waals surface area contributed by atoms with Crippen molar-refractivity contribution in [2.75, 3.05) is 31.1 Å². The Kier molecular flexibility index (Phi) is 5.86. The maximum absolute atomic E-state index is 12.7. The summed E-state index contributed by atoms with van der Waals surface area (Å²) in [6.07, 6.45) is 1.48. The molecule has 0 saturated carbocycles. The number of amides is 1. The Morgan fingerprint density at radius 1 is 0.933 bits per heavy atom. The summed E-state index contributed by atoms with van der Waals surface area (Å²) in [5.74, 6) is 1.84. The van der Waals surface area contributed by atoms with Crippen LogP contribution in [0.1, 0.15) is 21.5 Å². The van der Waals surface area contributed by atoms with E-state index in [2.05, 4.69) is 14.9 Å². The van der Waals surface area contributed by atoms with Crippen LogP contribution >= 0.6 is 11.6 Å². The predicted octanol–water partition coefficient (Wildman–Crippen LogP) is 4.50. The SMILES string of the molecule is Cc1ccc(C(=O)N2CCN(c3cc(Oc4cc(C)ccc4Cl)ncn3)CC2)cc1. The fourth-order valence-corrected chi connectivity index (χ4v) is 3.53. The van der Waals surface area contributed by atoms with Crippen LogP contribution in [-0.4, -0.2) is 47.0 Å². The highest BCUT2D eigenvalue weighted by Crippen LogP contribution is 2.30. The third-order valence-corrected chi connectivity index (χ3v) is 5.43. The van der Waals surface area contributed by atoms with Gasteiger partial charge in [-0.1, -0.05) is 35.4 Å². The predicted molar refractivity (Wildman–Crippen MR) is 118 cm³/mol. The number of rotatable bonds is 4. The number of halogens is 1. The van der Waals surface area contributed by atoms with E-state index in [0.717, 1.165) is 22.5 Å². The number of aromatic nitrogens is 2. The van der Waals surface area contributed by atoms with E-state index >= 15 is 0 Å². The Bertz CT molecular complexity index is 1050. The quantitative estimate of drug-likeness (QED) is 0.619. The number of carbonyl (C=O) groups excluding carboxylic acids is 1. The molecule has 0 spiro atoms. The zero-order chi connectivity index (χ0) is 21.1. The summed E-state index contributed by atoms with van der Waals surface area (Å²) in [5, 5.41) is 0.531. The van der Waals surface area contributed by atoms with E-state index in [1.54, 1.807) is 12.1 Å². The molecule has 2 aromatic carbocycles. The summed E-state index contributed by atoms with van der Waals surface area (Å²) in [4.78, 5) is 25.3. The van der Waals surface area contributed by atoms with Gasteiger partial charge in [0.1, 0.15) is 17.9 Å². The Hall–Kier alpha value is -3.12. The molecule has 7 heteroatoms. The summed E-state index contributed by atoms with van der Waals surface area (Å²) in [6, 6.07) is 15.1. The van der Waals surface area contributed by atoms with Crippen LogP contribution in [0.15, 0.2) is 54.9 Å². The average Bonchev–Trinajstić information content (AvgIpc) is 2.77. The fraction of sp³-hybridized carbons (Fsp3) is 0.261. The van der Waals surface area contributed by atoms with Gasteiger partial charge in [-0.2, -0.15) is 0 Å². The second-order valence-electron chi connectivity index (χ2n) is 7.40. The molecule has 1 amide bonds. The van der Waals surface area contributed by atoms with Crippen LogP contribution in [0.2, 0.25) is 5.02 Å². The van der Waals surface area contributed by atoms with E-state index in [9.17, 15) is 4.79 Å². The van der Waals surface area contributed by atoms with Crippen molar-refractivity contribution in [2.45, 2.75) is 13.8 Å². The number of benzene rings is 2. The van der Waals surface area contributed by atoms with Crippen molar-refractivity contribution in [1.82, 2.24) is 14.9 Å². The maximum Gasteiger partial charge on any atom is 0.253 e. The summed E-state index contributed by atoms with van der Waals surface area (Å²) in [5.41, 5.74) is 2.92. The molecule has 0 N–H and O–H groups in total. The van der Waals surface area contributed by atoms with Crippen molar-refractivity contribution in [3.63, 3.8) is 0 Å². The highest BCUT2D eigenvalue weighted by molar-refractivity contribution is 6.32. The Balaban J connectivity index is 1.41. The number of piperazine rings is 1. The number of ether oxygens (including phenoxy) is 1. The van der Waals surface area contributed by atoms with Crippen LogP contribution in [0.25, 0.3) is 0 Å². The van der Waals surface area contributed by atoms with Crippen LogP contribution in [0.5, 0.6) is 11.6 Å². The second-order valence-corrected chi connectivity index (χ2v) is 7.80. The van der Waals surface area contributed by atoms with Gasteiger partial charge >= 0.3 is 0 Å². The summed E-state index contributed by atoms with van der Waals surface area (Å²) >= 11 is 6.22. The monoisotopic (exact) mass is 422 g/mol. The lowest BCUT2D eigenvalue weighted by atomic mass is 10.1. The normalized spacial score (nSPS) is 14.0.